The maximum atomic E-state index is 12.8. The van der Waals surface area contributed by atoms with E-state index in [1.54, 1.807) is 32.1 Å². The smallest absolute Gasteiger partial charge is 0.257 e. The third-order valence-electron chi connectivity index (χ3n) is 5.60. The molecule has 8 nitrogen and oxygen atoms in total. The van der Waals surface area contributed by atoms with Crippen LogP contribution in [-0.2, 0) is 9.53 Å². The number of amides is 2. The van der Waals surface area contributed by atoms with Crippen molar-refractivity contribution < 1.29 is 23.5 Å². The zero-order valence-electron chi connectivity index (χ0n) is 18.5. The van der Waals surface area contributed by atoms with Crippen LogP contribution in [0, 0.1) is 6.92 Å². The van der Waals surface area contributed by atoms with Gasteiger partial charge >= 0.3 is 0 Å². The van der Waals surface area contributed by atoms with Crippen LogP contribution in [0.25, 0.3) is 0 Å². The number of methoxy groups -OCH3 is 2. The summed E-state index contributed by atoms with van der Waals surface area (Å²) >= 11 is 0. The molecule has 0 spiro atoms. The van der Waals surface area contributed by atoms with Gasteiger partial charge in [-0.05, 0) is 25.1 Å². The normalized spacial score (nSPS) is 13.9. The van der Waals surface area contributed by atoms with E-state index in [2.05, 4.69) is 4.90 Å². The molecule has 31 heavy (non-hydrogen) atoms. The maximum Gasteiger partial charge on any atom is 0.257 e. The average molecular weight is 430 g/mol. The molecule has 0 unspecified atom stereocenters. The Morgan fingerprint density at radius 2 is 1.81 bits per heavy atom. The third-order valence-corrected chi connectivity index (χ3v) is 5.60. The summed E-state index contributed by atoms with van der Waals surface area (Å²) in [4.78, 5) is 31.4. The molecule has 0 bridgehead atoms. The van der Waals surface area contributed by atoms with Crippen LogP contribution in [0.2, 0.25) is 0 Å². The van der Waals surface area contributed by atoms with Gasteiger partial charge in [-0.1, -0.05) is 12.1 Å². The minimum Gasteiger partial charge on any atom is -0.495 e. The molecule has 0 saturated carbocycles. The van der Waals surface area contributed by atoms with Crippen LogP contribution in [0.15, 0.2) is 41.0 Å². The number of rotatable bonds is 9. The summed E-state index contributed by atoms with van der Waals surface area (Å²) in [6.07, 6.45) is 1.78. The second-order valence-electron chi connectivity index (χ2n) is 7.47. The number of benzene rings is 1. The third kappa shape index (κ3) is 5.58. The number of furan rings is 1. The van der Waals surface area contributed by atoms with Gasteiger partial charge < -0.3 is 28.6 Å². The second-order valence-corrected chi connectivity index (χ2v) is 7.47. The van der Waals surface area contributed by atoms with Gasteiger partial charge in [-0.25, -0.2) is 0 Å². The Bertz CT molecular complexity index is 874. The fourth-order valence-corrected chi connectivity index (χ4v) is 3.77. The minimum absolute atomic E-state index is 0.0545. The molecule has 1 fully saturated rings. The molecule has 8 heteroatoms. The van der Waals surface area contributed by atoms with Gasteiger partial charge in [0.2, 0.25) is 5.91 Å². The first-order valence-corrected chi connectivity index (χ1v) is 10.5. The van der Waals surface area contributed by atoms with E-state index in [4.69, 9.17) is 13.9 Å². The molecular formula is C23H31N3O5. The predicted molar refractivity (Wildman–Crippen MR) is 118 cm³/mol. The predicted octanol–water partition coefficient (Wildman–Crippen LogP) is 2.42. The topological polar surface area (TPSA) is 75.5 Å². The second kappa shape index (κ2) is 10.9. The number of carbonyl (C=O) groups is 2. The molecule has 0 N–H and O–H groups in total. The zero-order chi connectivity index (χ0) is 22.2. The SMILES string of the molecule is COCCN(CCC(=O)N1CCN(c2ccccc2OC)CC1)C(=O)c1ccoc1C. The summed E-state index contributed by atoms with van der Waals surface area (Å²) in [5.41, 5.74) is 1.57. The molecule has 0 radical (unpaired) electrons. The zero-order valence-corrected chi connectivity index (χ0v) is 18.5. The minimum atomic E-state index is -0.142. The molecule has 2 heterocycles. The number of hydrogen-bond acceptors (Lipinski definition) is 6. The fourth-order valence-electron chi connectivity index (χ4n) is 3.77. The van der Waals surface area contributed by atoms with Crippen LogP contribution in [0.1, 0.15) is 22.5 Å². The van der Waals surface area contributed by atoms with E-state index in [0.717, 1.165) is 24.5 Å². The van der Waals surface area contributed by atoms with Gasteiger partial charge in [0.15, 0.2) is 0 Å². The molecule has 0 atom stereocenters. The monoisotopic (exact) mass is 429 g/mol. The summed E-state index contributed by atoms with van der Waals surface area (Å²) in [5, 5.41) is 0. The summed E-state index contributed by atoms with van der Waals surface area (Å²) < 4.78 is 15.8. The van der Waals surface area contributed by atoms with E-state index in [-0.39, 0.29) is 18.2 Å². The number of anilines is 1. The van der Waals surface area contributed by atoms with Gasteiger partial charge in [-0.2, -0.15) is 0 Å². The first kappa shape index (κ1) is 22.7. The number of para-hydroxylation sites is 2. The number of nitrogens with zero attached hydrogens (tertiary/aromatic N) is 3. The molecule has 1 aromatic carbocycles. The van der Waals surface area contributed by atoms with Crippen molar-refractivity contribution in [2.45, 2.75) is 13.3 Å². The lowest BCUT2D eigenvalue weighted by molar-refractivity contribution is -0.131. The Morgan fingerprint density at radius 3 is 2.45 bits per heavy atom. The Balaban J connectivity index is 1.54. The lowest BCUT2D eigenvalue weighted by Gasteiger charge is -2.37. The Hall–Kier alpha value is -3.00. The van der Waals surface area contributed by atoms with Crippen molar-refractivity contribution in [3.05, 3.63) is 47.9 Å². The largest absolute Gasteiger partial charge is 0.495 e. The molecule has 3 rings (SSSR count). The van der Waals surface area contributed by atoms with E-state index in [1.165, 1.54) is 6.26 Å². The first-order chi connectivity index (χ1) is 15.0. The number of hydrogen-bond donors (Lipinski definition) is 0. The van der Waals surface area contributed by atoms with E-state index in [9.17, 15) is 9.59 Å². The quantitative estimate of drug-likeness (QED) is 0.610. The van der Waals surface area contributed by atoms with E-state index in [0.29, 0.717) is 44.1 Å². The highest BCUT2D eigenvalue weighted by molar-refractivity contribution is 5.95. The lowest BCUT2D eigenvalue weighted by atomic mass is 10.2. The molecule has 2 amide bonds. The van der Waals surface area contributed by atoms with Gasteiger partial charge in [-0.15, -0.1) is 0 Å². The van der Waals surface area contributed by atoms with Crippen molar-refractivity contribution >= 4 is 17.5 Å². The van der Waals surface area contributed by atoms with Crippen molar-refractivity contribution in [3.63, 3.8) is 0 Å². The van der Waals surface area contributed by atoms with Gasteiger partial charge in [0.25, 0.3) is 5.91 Å². The Labute approximate surface area is 183 Å². The highest BCUT2D eigenvalue weighted by atomic mass is 16.5. The molecule has 1 aromatic heterocycles. The van der Waals surface area contributed by atoms with Gasteiger partial charge in [-0.3, -0.25) is 9.59 Å². The Kier molecular flexibility index (Phi) is 7.94. The van der Waals surface area contributed by atoms with Crippen LogP contribution in [0.3, 0.4) is 0 Å². The van der Waals surface area contributed by atoms with Crippen molar-refractivity contribution in [2.75, 3.05) is 65.0 Å². The van der Waals surface area contributed by atoms with E-state index in [1.807, 2.05) is 29.2 Å². The summed E-state index contributed by atoms with van der Waals surface area (Å²) in [7, 11) is 3.26. The molecule has 168 valence electrons. The number of ether oxygens (including phenoxy) is 2. The molecule has 1 aliphatic rings. The van der Waals surface area contributed by atoms with Gasteiger partial charge in [0.1, 0.15) is 11.5 Å². The lowest BCUT2D eigenvalue weighted by Crippen LogP contribution is -2.49. The number of piperazine rings is 1. The fraction of sp³-hybridized carbons (Fsp3) is 0.478. The van der Waals surface area contributed by atoms with Crippen LogP contribution < -0.4 is 9.64 Å². The van der Waals surface area contributed by atoms with Crippen LogP contribution in [-0.4, -0.2) is 81.7 Å². The van der Waals surface area contributed by atoms with Gasteiger partial charge in [0.05, 0.1) is 31.2 Å². The van der Waals surface area contributed by atoms with Crippen molar-refractivity contribution in [1.82, 2.24) is 9.80 Å². The molecular weight excluding hydrogens is 398 g/mol. The molecule has 2 aromatic rings. The number of aryl methyl sites for hydroxylation is 1. The van der Waals surface area contributed by atoms with Gasteiger partial charge in [0, 0.05) is 52.8 Å². The highest BCUT2D eigenvalue weighted by Crippen LogP contribution is 2.28. The highest BCUT2D eigenvalue weighted by Gasteiger charge is 2.25. The average Bonchev–Trinajstić information content (AvgIpc) is 3.24. The van der Waals surface area contributed by atoms with E-state index < -0.39 is 0 Å². The van der Waals surface area contributed by atoms with Crippen LogP contribution in [0.4, 0.5) is 5.69 Å². The standard InChI is InChI=1S/C23H31N3O5/c1-18-19(9-16-31-18)23(28)26(15-17-29-2)10-8-22(27)25-13-11-24(12-14-25)20-6-4-5-7-21(20)30-3/h4-7,9,16H,8,10-15,17H2,1-3H3. The summed E-state index contributed by atoms with van der Waals surface area (Å²) in [5.74, 6) is 1.33. The molecule has 1 saturated heterocycles. The summed E-state index contributed by atoms with van der Waals surface area (Å²) in [6, 6.07) is 9.58. The van der Waals surface area contributed by atoms with Crippen molar-refractivity contribution in [3.8, 4) is 5.75 Å². The summed E-state index contributed by atoms with van der Waals surface area (Å²) in [6.45, 7) is 5.71. The van der Waals surface area contributed by atoms with Crippen molar-refractivity contribution in [1.29, 1.82) is 0 Å². The maximum absolute atomic E-state index is 12.8. The van der Waals surface area contributed by atoms with Crippen LogP contribution >= 0.6 is 0 Å². The van der Waals surface area contributed by atoms with Crippen LogP contribution in [0.5, 0.6) is 5.75 Å². The Morgan fingerprint density at radius 1 is 1.06 bits per heavy atom. The first-order valence-electron chi connectivity index (χ1n) is 10.5. The molecule has 0 aliphatic carbocycles. The number of carbonyl (C=O) groups excluding carboxylic acids is 2. The van der Waals surface area contributed by atoms with E-state index >= 15 is 0 Å². The molecule has 1 aliphatic heterocycles. The van der Waals surface area contributed by atoms with Crippen molar-refractivity contribution in [2.24, 2.45) is 0 Å².